The van der Waals surface area contributed by atoms with Gasteiger partial charge in [-0.25, -0.2) is 4.90 Å². The summed E-state index contributed by atoms with van der Waals surface area (Å²) in [6.07, 6.45) is 0. The second-order valence-corrected chi connectivity index (χ2v) is 5.78. The first-order valence-electron chi connectivity index (χ1n) is 8.23. The number of hydrogen-bond acceptors (Lipinski definition) is 7. The van der Waals surface area contributed by atoms with Gasteiger partial charge in [-0.1, -0.05) is 6.07 Å². The Kier molecular flexibility index (Phi) is 5.12. The van der Waals surface area contributed by atoms with E-state index in [-0.39, 0.29) is 11.3 Å². The van der Waals surface area contributed by atoms with E-state index in [9.17, 15) is 14.7 Å². The number of ether oxygens (including phenoxy) is 4. The van der Waals surface area contributed by atoms with Crippen molar-refractivity contribution >= 4 is 23.1 Å². The molecule has 0 spiro atoms. The first-order valence-corrected chi connectivity index (χ1v) is 8.23. The van der Waals surface area contributed by atoms with Gasteiger partial charge >= 0.3 is 5.91 Å². The van der Waals surface area contributed by atoms with Gasteiger partial charge in [-0.2, -0.15) is 0 Å². The number of rotatable bonds is 6. The molecule has 0 saturated carbocycles. The lowest BCUT2D eigenvalue weighted by atomic mass is 10.0. The molecule has 28 heavy (non-hydrogen) atoms. The van der Waals surface area contributed by atoms with E-state index in [0.29, 0.717) is 28.6 Å². The molecule has 2 aromatic rings. The van der Waals surface area contributed by atoms with Crippen LogP contribution in [-0.2, 0) is 9.59 Å². The van der Waals surface area contributed by atoms with Crippen LogP contribution in [0.3, 0.4) is 0 Å². The highest BCUT2D eigenvalue weighted by atomic mass is 16.5. The zero-order valence-corrected chi connectivity index (χ0v) is 15.8. The van der Waals surface area contributed by atoms with E-state index in [0.717, 1.165) is 4.90 Å². The maximum absolute atomic E-state index is 13.0. The molecule has 0 bridgehead atoms. The van der Waals surface area contributed by atoms with Crippen molar-refractivity contribution in [2.45, 2.75) is 0 Å². The number of hydrogen-bond donors (Lipinski definition) is 1. The minimum absolute atomic E-state index is 0.124. The highest BCUT2D eigenvalue weighted by molar-refractivity contribution is 6.45. The predicted molar refractivity (Wildman–Crippen MR) is 101 cm³/mol. The first-order chi connectivity index (χ1) is 13.5. The minimum Gasteiger partial charge on any atom is -0.502 e. The third kappa shape index (κ3) is 2.98. The van der Waals surface area contributed by atoms with Crippen molar-refractivity contribution < 1.29 is 33.6 Å². The molecule has 8 heteroatoms. The van der Waals surface area contributed by atoms with Crippen molar-refractivity contribution in [3.05, 3.63) is 47.7 Å². The molecule has 3 rings (SSSR count). The Bertz CT molecular complexity index is 981. The van der Waals surface area contributed by atoms with Gasteiger partial charge in [-0.05, 0) is 29.8 Å². The van der Waals surface area contributed by atoms with Crippen LogP contribution >= 0.6 is 0 Å². The molecule has 0 atom stereocenters. The third-order valence-corrected chi connectivity index (χ3v) is 4.36. The quantitative estimate of drug-likeness (QED) is 0.764. The molecule has 2 amide bonds. The summed E-state index contributed by atoms with van der Waals surface area (Å²) >= 11 is 0. The molecule has 0 saturated heterocycles. The number of imide groups is 1. The lowest BCUT2D eigenvalue weighted by Gasteiger charge is -2.17. The summed E-state index contributed by atoms with van der Waals surface area (Å²) in [5.74, 6) is -0.525. The van der Waals surface area contributed by atoms with Crippen LogP contribution in [0.25, 0.3) is 5.57 Å². The minimum atomic E-state index is -0.831. The number of nitrogens with zero attached hydrogens (tertiary/aromatic N) is 1. The largest absolute Gasteiger partial charge is 0.502 e. The molecule has 1 heterocycles. The smallest absolute Gasteiger partial charge is 0.301 e. The van der Waals surface area contributed by atoms with Crippen molar-refractivity contribution in [2.75, 3.05) is 33.3 Å². The van der Waals surface area contributed by atoms with E-state index in [1.807, 2.05) is 0 Å². The predicted octanol–water partition coefficient (Wildman–Crippen LogP) is 2.56. The average Bonchev–Trinajstić information content (AvgIpc) is 2.95. The molecule has 0 aromatic heterocycles. The summed E-state index contributed by atoms with van der Waals surface area (Å²) in [7, 11) is 5.86. The van der Waals surface area contributed by atoms with Crippen LogP contribution in [0.15, 0.2) is 42.2 Å². The number of carbonyl (C=O) groups is 2. The average molecular weight is 385 g/mol. The van der Waals surface area contributed by atoms with E-state index in [1.165, 1.54) is 46.6 Å². The molecular formula is C20H19NO7. The number of aliphatic hydroxyl groups is 1. The lowest BCUT2D eigenvalue weighted by molar-refractivity contribution is -0.121. The van der Waals surface area contributed by atoms with Crippen molar-refractivity contribution in [2.24, 2.45) is 0 Å². The summed E-state index contributed by atoms with van der Waals surface area (Å²) in [6.45, 7) is 0. The summed E-state index contributed by atoms with van der Waals surface area (Å²) in [4.78, 5) is 26.5. The molecular weight excluding hydrogens is 366 g/mol. The van der Waals surface area contributed by atoms with Crippen LogP contribution in [-0.4, -0.2) is 45.4 Å². The Hall–Kier alpha value is -3.68. The number of anilines is 1. The van der Waals surface area contributed by atoms with E-state index in [2.05, 4.69) is 0 Å². The van der Waals surface area contributed by atoms with E-state index >= 15 is 0 Å². The molecule has 2 aromatic carbocycles. The molecule has 1 aliphatic heterocycles. The Labute approximate surface area is 161 Å². The highest BCUT2D eigenvalue weighted by Gasteiger charge is 2.40. The maximum atomic E-state index is 13.0. The second-order valence-electron chi connectivity index (χ2n) is 5.78. The molecule has 1 N–H and O–H groups in total. The maximum Gasteiger partial charge on any atom is 0.301 e. The van der Waals surface area contributed by atoms with Crippen molar-refractivity contribution in [3.8, 4) is 23.0 Å². The van der Waals surface area contributed by atoms with Crippen molar-refractivity contribution in [1.29, 1.82) is 0 Å². The SMILES string of the molecule is COc1ccc(C2=C(O)C(=O)N(c3ccc(OC)c(OC)c3)C2=O)cc1OC. The lowest BCUT2D eigenvalue weighted by Crippen LogP contribution is -2.31. The van der Waals surface area contributed by atoms with Gasteiger partial charge in [0.25, 0.3) is 5.91 Å². The number of carbonyl (C=O) groups excluding carboxylic acids is 2. The summed E-state index contributed by atoms with van der Waals surface area (Å²) < 4.78 is 20.8. The van der Waals surface area contributed by atoms with Gasteiger partial charge in [0, 0.05) is 6.07 Å². The Morgan fingerprint density at radius 1 is 0.714 bits per heavy atom. The number of benzene rings is 2. The molecule has 0 fully saturated rings. The van der Waals surface area contributed by atoms with Crippen LogP contribution in [0.5, 0.6) is 23.0 Å². The van der Waals surface area contributed by atoms with Gasteiger partial charge in [0.1, 0.15) is 0 Å². The van der Waals surface area contributed by atoms with E-state index in [4.69, 9.17) is 18.9 Å². The topological polar surface area (TPSA) is 94.5 Å². The van der Waals surface area contributed by atoms with Gasteiger partial charge in [-0.3, -0.25) is 9.59 Å². The van der Waals surface area contributed by atoms with Crippen molar-refractivity contribution in [1.82, 2.24) is 0 Å². The van der Waals surface area contributed by atoms with Crippen LogP contribution in [0.2, 0.25) is 0 Å². The van der Waals surface area contributed by atoms with Crippen LogP contribution in [0.1, 0.15) is 5.56 Å². The molecule has 146 valence electrons. The molecule has 0 unspecified atom stereocenters. The van der Waals surface area contributed by atoms with Crippen LogP contribution in [0.4, 0.5) is 5.69 Å². The second kappa shape index (κ2) is 7.51. The monoisotopic (exact) mass is 385 g/mol. The Balaban J connectivity index is 2.04. The van der Waals surface area contributed by atoms with E-state index < -0.39 is 17.6 Å². The Morgan fingerprint density at radius 2 is 1.25 bits per heavy atom. The number of methoxy groups -OCH3 is 4. The summed E-state index contributed by atoms with van der Waals surface area (Å²) in [5, 5.41) is 10.4. The first kappa shape index (κ1) is 19.1. The third-order valence-electron chi connectivity index (χ3n) is 4.36. The van der Waals surface area contributed by atoms with Crippen LogP contribution < -0.4 is 23.8 Å². The van der Waals surface area contributed by atoms with Gasteiger partial charge in [0.05, 0.1) is 39.7 Å². The zero-order valence-electron chi connectivity index (χ0n) is 15.8. The van der Waals surface area contributed by atoms with Gasteiger partial charge in [0.2, 0.25) is 0 Å². The molecule has 0 radical (unpaired) electrons. The van der Waals surface area contributed by atoms with Crippen molar-refractivity contribution in [3.63, 3.8) is 0 Å². The number of aliphatic hydroxyl groups excluding tert-OH is 1. The fraction of sp³-hybridized carbons (Fsp3) is 0.200. The summed E-state index contributed by atoms with van der Waals surface area (Å²) in [6, 6.07) is 9.26. The standard InChI is InChI=1S/C20H19NO7/c1-25-13-7-5-11(9-15(13)27-3)17-18(22)20(24)21(19(17)23)12-6-8-14(26-2)16(10-12)28-4/h5-10,22H,1-4H3. The van der Waals surface area contributed by atoms with Gasteiger partial charge in [-0.15, -0.1) is 0 Å². The molecule has 0 aliphatic carbocycles. The summed E-state index contributed by atoms with van der Waals surface area (Å²) in [5.41, 5.74) is 0.451. The highest BCUT2D eigenvalue weighted by Crippen LogP contribution is 2.38. The number of amides is 2. The molecule has 1 aliphatic rings. The van der Waals surface area contributed by atoms with Crippen LogP contribution in [0, 0.1) is 0 Å². The van der Waals surface area contributed by atoms with E-state index in [1.54, 1.807) is 18.2 Å². The molecule has 8 nitrogen and oxygen atoms in total. The normalized spacial score (nSPS) is 13.8. The zero-order chi connectivity index (χ0) is 20.4. The van der Waals surface area contributed by atoms with Gasteiger partial charge in [0.15, 0.2) is 28.8 Å². The fourth-order valence-electron chi connectivity index (χ4n) is 2.97. The fourth-order valence-corrected chi connectivity index (χ4v) is 2.97. The Morgan fingerprint density at radius 3 is 1.82 bits per heavy atom. The van der Waals surface area contributed by atoms with Gasteiger partial charge < -0.3 is 24.1 Å².